The molecule has 0 radical (unpaired) electrons. The maximum atomic E-state index is 13.0. The molecule has 0 saturated carbocycles. The summed E-state index contributed by atoms with van der Waals surface area (Å²) in [5.74, 6) is 0.418. The largest absolute Gasteiger partial charge is 0.345 e. The maximum Gasteiger partial charge on any atom is 0.270 e. The van der Waals surface area contributed by atoms with Crippen molar-refractivity contribution in [3.8, 4) is 0 Å². The van der Waals surface area contributed by atoms with E-state index in [1.165, 1.54) is 16.6 Å². The fourth-order valence-corrected chi connectivity index (χ4v) is 5.02. The molecular formula is C20H34N4O4S. The monoisotopic (exact) mass is 426 g/mol. The van der Waals surface area contributed by atoms with Crippen molar-refractivity contribution in [2.45, 2.75) is 45.4 Å². The van der Waals surface area contributed by atoms with Crippen LogP contribution < -0.4 is 0 Å². The summed E-state index contributed by atoms with van der Waals surface area (Å²) in [6.45, 7) is 10.5. The predicted octanol–water partition coefficient (Wildman–Crippen LogP) is 1.78. The molecule has 9 heteroatoms. The van der Waals surface area contributed by atoms with Gasteiger partial charge in [-0.2, -0.15) is 4.31 Å². The molecular weight excluding hydrogens is 392 g/mol. The molecule has 8 nitrogen and oxygen atoms in total. The quantitative estimate of drug-likeness (QED) is 0.634. The molecule has 0 bridgehead atoms. The van der Waals surface area contributed by atoms with Crippen LogP contribution in [0.1, 0.15) is 51.0 Å². The molecule has 1 saturated heterocycles. The van der Waals surface area contributed by atoms with Crippen molar-refractivity contribution in [3.63, 3.8) is 0 Å². The lowest BCUT2D eigenvalue weighted by atomic mass is 10.1. The zero-order chi connectivity index (χ0) is 21.8. The third kappa shape index (κ3) is 5.39. The lowest BCUT2D eigenvalue weighted by molar-refractivity contribution is -0.132. The van der Waals surface area contributed by atoms with E-state index in [1.807, 2.05) is 4.90 Å². The van der Waals surface area contributed by atoms with Gasteiger partial charge in [0.2, 0.25) is 15.9 Å². The van der Waals surface area contributed by atoms with Crippen LogP contribution in [0, 0.1) is 5.92 Å². The molecule has 0 N–H and O–H groups in total. The minimum Gasteiger partial charge on any atom is -0.345 e. The number of aromatic nitrogens is 1. The van der Waals surface area contributed by atoms with Crippen LogP contribution in [0.3, 0.4) is 0 Å². The number of carbonyl (C=O) groups is 2. The molecule has 0 unspecified atom stereocenters. The first-order chi connectivity index (χ1) is 13.6. The molecule has 29 heavy (non-hydrogen) atoms. The molecule has 164 valence electrons. The Morgan fingerprint density at radius 1 is 1.07 bits per heavy atom. The van der Waals surface area contributed by atoms with Crippen molar-refractivity contribution < 1.29 is 18.0 Å². The van der Waals surface area contributed by atoms with Gasteiger partial charge in [0.05, 0.1) is 0 Å². The van der Waals surface area contributed by atoms with E-state index in [2.05, 4.69) is 13.8 Å². The maximum absolute atomic E-state index is 13.0. The number of piperazine rings is 1. The summed E-state index contributed by atoms with van der Waals surface area (Å²) in [5.41, 5.74) is 0.343. The second-order valence-corrected chi connectivity index (χ2v) is 9.80. The van der Waals surface area contributed by atoms with Crippen LogP contribution in [0.25, 0.3) is 0 Å². The summed E-state index contributed by atoms with van der Waals surface area (Å²) >= 11 is 0. The highest BCUT2D eigenvalue weighted by Crippen LogP contribution is 2.20. The Kier molecular flexibility index (Phi) is 7.87. The number of amides is 2. The molecule has 2 amide bonds. The van der Waals surface area contributed by atoms with Gasteiger partial charge in [-0.15, -0.1) is 0 Å². The first kappa shape index (κ1) is 23.4. The van der Waals surface area contributed by atoms with E-state index in [0.717, 1.165) is 6.42 Å². The summed E-state index contributed by atoms with van der Waals surface area (Å²) in [6.07, 6.45) is 2.90. The van der Waals surface area contributed by atoms with Crippen LogP contribution in [0.15, 0.2) is 17.2 Å². The second-order valence-electron chi connectivity index (χ2n) is 7.87. The highest BCUT2D eigenvalue weighted by atomic mass is 32.2. The number of carbonyl (C=O) groups excluding carboxylic acids is 2. The van der Waals surface area contributed by atoms with Gasteiger partial charge in [0.25, 0.3) is 5.91 Å². The van der Waals surface area contributed by atoms with E-state index >= 15 is 0 Å². The van der Waals surface area contributed by atoms with E-state index in [9.17, 15) is 18.0 Å². The van der Waals surface area contributed by atoms with Gasteiger partial charge in [0, 0.05) is 58.9 Å². The number of hydrogen-bond acceptors (Lipinski definition) is 4. The van der Waals surface area contributed by atoms with E-state index < -0.39 is 10.0 Å². The van der Waals surface area contributed by atoms with Crippen molar-refractivity contribution in [2.24, 2.45) is 13.0 Å². The Hall–Kier alpha value is -1.87. The zero-order valence-electron chi connectivity index (χ0n) is 18.2. The fourth-order valence-electron chi connectivity index (χ4n) is 3.49. The minimum atomic E-state index is -3.61. The zero-order valence-corrected chi connectivity index (χ0v) is 19.0. The van der Waals surface area contributed by atoms with Crippen LogP contribution in [0.4, 0.5) is 0 Å². The van der Waals surface area contributed by atoms with E-state index in [4.69, 9.17) is 0 Å². The third-order valence-electron chi connectivity index (χ3n) is 5.40. The van der Waals surface area contributed by atoms with Crippen LogP contribution in [-0.2, 0) is 21.9 Å². The minimum absolute atomic E-state index is 0.134. The molecule has 1 aliphatic rings. The SMILES string of the molecule is CCN(CC)S(=O)(=O)c1cc(C(=O)N2CCN(C(=O)CCC(C)C)CC2)n(C)c1. The topological polar surface area (TPSA) is 82.9 Å². The van der Waals surface area contributed by atoms with Gasteiger partial charge >= 0.3 is 0 Å². The summed E-state index contributed by atoms with van der Waals surface area (Å²) < 4.78 is 28.4. The average Bonchev–Trinajstić information content (AvgIpc) is 3.09. The summed E-state index contributed by atoms with van der Waals surface area (Å²) in [6, 6.07) is 1.45. The van der Waals surface area contributed by atoms with Crippen LogP contribution in [0.2, 0.25) is 0 Å². The molecule has 0 spiro atoms. The molecule has 1 aromatic heterocycles. The molecule has 0 aliphatic carbocycles. The Morgan fingerprint density at radius 3 is 2.14 bits per heavy atom. The van der Waals surface area contributed by atoms with E-state index in [-0.39, 0.29) is 16.7 Å². The van der Waals surface area contributed by atoms with Gasteiger partial charge in [0.15, 0.2) is 0 Å². The summed E-state index contributed by atoms with van der Waals surface area (Å²) in [4.78, 5) is 28.9. The van der Waals surface area contributed by atoms with Crippen molar-refractivity contribution in [2.75, 3.05) is 39.3 Å². The smallest absolute Gasteiger partial charge is 0.270 e. The Balaban J connectivity index is 2.05. The summed E-state index contributed by atoms with van der Waals surface area (Å²) in [5, 5.41) is 0. The highest BCUT2D eigenvalue weighted by Gasteiger charge is 2.29. The first-order valence-electron chi connectivity index (χ1n) is 10.3. The van der Waals surface area contributed by atoms with Gasteiger partial charge in [-0.25, -0.2) is 8.42 Å². The summed E-state index contributed by atoms with van der Waals surface area (Å²) in [7, 11) is -1.93. The van der Waals surface area contributed by atoms with Crippen molar-refractivity contribution in [1.29, 1.82) is 0 Å². The molecule has 1 aromatic rings. The lowest BCUT2D eigenvalue weighted by Crippen LogP contribution is -2.50. The number of nitrogens with zero attached hydrogens (tertiary/aromatic N) is 4. The molecule has 1 fully saturated rings. The predicted molar refractivity (Wildman–Crippen MR) is 112 cm³/mol. The van der Waals surface area contributed by atoms with Gasteiger partial charge in [-0.05, 0) is 18.4 Å². The van der Waals surface area contributed by atoms with Crippen molar-refractivity contribution in [1.82, 2.24) is 18.7 Å². The van der Waals surface area contributed by atoms with Crippen molar-refractivity contribution in [3.05, 3.63) is 18.0 Å². The molecule has 2 rings (SSSR count). The fraction of sp³-hybridized carbons (Fsp3) is 0.700. The number of aryl methyl sites for hydroxylation is 1. The van der Waals surface area contributed by atoms with Gasteiger partial charge in [0.1, 0.15) is 10.6 Å². The highest BCUT2D eigenvalue weighted by molar-refractivity contribution is 7.89. The normalized spacial score (nSPS) is 15.4. The van der Waals surface area contributed by atoms with Gasteiger partial charge < -0.3 is 14.4 Å². The second kappa shape index (κ2) is 9.75. The number of hydrogen-bond donors (Lipinski definition) is 0. The van der Waals surface area contributed by atoms with Crippen LogP contribution in [-0.4, -0.2) is 78.2 Å². The van der Waals surface area contributed by atoms with Crippen LogP contribution in [0.5, 0.6) is 0 Å². The van der Waals surface area contributed by atoms with Crippen molar-refractivity contribution >= 4 is 21.8 Å². The van der Waals surface area contributed by atoms with E-state index in [0.29, 0.717) is 57.3 Å². The standard InChI is InChI=1S/C20H34N4O4S/c1-6-24(7-2)29(27,28)17-14-18(21(5)15-17)20(26)23-12-10-22(11-13-23)19(25)9-8-16(3)4/h14-16H,6-13H2,1-5H3. The third-order valence-corrected chi connectivity index (χ3v) is 7.41. The first-order valence-corrected chi connectivity index (χ1v) is 11.8. The van der Waals surface area contributed by atoms with Gasteiger partial charge in [-0.1, -0.05) is 27.7 Å². The Bertz CT molecular complexity index is 820. The van der Waals surface area contributed by atoms with Crippen LogP contribution >= 0.6 is 0 Å². The Morgan fingerprint density at radius 2 is 1.62 bits per heavy atom. The Labute approximate surface area is 174 Å². The molecule has 1 aliphatic heterocycles. The molecule has 0 atom stereocenters. The lowest BCUT2D eigenvalue weighted by Gasteiger charge is -2.35. The van der Waals surface area contributed by atoms with Gasteiger partial charge in [-0.3, -0.25) is 9.59 Å². The molecule has 0 aromatic carbocycles. The number of rotatable bonds is 8. The molecule has 2 heterocycles. The average molecular weight is 427 g/mol. The van der Waals surface area contributed by atoms with E-state index in [1.54, 1.807) is 30.4 Å². The number of sulfonamides is 1.